The summed E-state index contributed by atoms with van der Waals surface area (Å²) in [5, 5.41) is 15.4. The Morgan fingerprint density at radius 2 is 2.00 bits per heavy atom. The molecule has 0 atom stereocenters. The summed E-state index contributed by atoms with van der Waals surface area (Å²) in [6.45, 7) is 5.91. The lowest BCUT2D eigenvalue weighted by Crippen LogP contribution is -2.42. The van der Waals surface area contributed by atoms with Gasteiger partial charge in [0.1, 0.15) is 12.4 Å². The van der Waals surface area contributed by atoms with Gasteiger partial charge in [-0.3, -0.25) is 0 Å². The first kappa shape index (κ1) is 26.2. The monoisotopic (exact) mass is 556 g/mol. The number of nitrogens with zero attached hydrogens (tertiary/aromatic N) is 4. The van der Waals surface area contributed by atoms with Crippen molar-refractivity contribution in [3.05, 3.63) is 35.4 Å². The van der Waals surface area contributed by atoms with Crippen LogP contribution in [0.15, 0.2) is 23.2 Å². The van der Waals surface area contributed by atoms with E-state index in [1.54, 1.807) is 7.11 Å². The second kappa shape index (κ2) is 13.5. The van der Waals surface area contributed by atoms with E-state index in [1.165, 1.54) is 31.2 Å². The van der Waals surface area contributed by atoms with Crippen LogP contribution in [0, 0.1) is 6.92 Å². The van der Waals surface area contributed by atoms with Crippen LogP contribution in [0.1, 0.15) is 56.2 Å². The summed E-state index contributed by atoms with van der Waals surface area (Å²) in [6.07, 6.45) is 6.92. The predicted molar refractivity (Wildman–Crippen MR) is 138 cm³/mol. The lowest BCUT2D eigenvalue weighted by Gasteiger charge is -2.17. The molecule has 2 aromatic rings. The average molecular weight is 556 g/mol. The molecule has 0 saturated heterocycles. The van der Waals surface area contributed by atoms with Gasteiger partial charge in [0.05, 0.1) is 13.7 Å². The molecule has 1 aromatic heterocycles. The molecule has 178 valence electrons. The summed E-state index contributed by atoms with van der Waals surface area (Å²) >= 11 is 0. The first-order chi connectivity index (χ1) is 15.1. The van der Waals surface area contributed by atoms with Gasteiger partial charge in [0.25, 0.3) is 0 Å². The van der Waals surface area contributed by atoms with Gasteiger partial charge in [-0.1, -0.05) is 18.9 Å². The lowest BCUT2D eigenvalue weighted by molar-refractivity contribution is 0.310. The second-order valence-electron chi connectivity index (χ2n) is 7.96. The van der Waals surface area contributed by atoms with E-state index < -0.39 is 0 Å². The van der Waals surface area contributed by atoms with Gasteiger partial charge in [-0.05, 0) is 57.2 Å². The molecule has 0 amide bonds. The molecular weight excluding hydrogens is 519 g/mol. The van der Waals surface area contributed by atoms with Gasteiger partial charge in [0.15, 0.2) is 23.3 Å². The van der Waals surface area contributed by atoms with Crippen LogP contribution in [0.5, 0.6) is 11.5 Å². The summed E-state index contributed by atoms with van der Waals surface area (Å²) in [7, 11) is 3.64. The van der Waals surface area contributed by atoms with Crippen molar-refractivity contribution in [3.63, 3.8) is 0 Å². The zero-order valence-corrected chi connectivity index (χ0v) is 22.0. The molecule has 0 bridgehead atoms. The normalized spacial score (nSPS) is 14.2. The molecular formula is C23H37IN6O2. The van der Waals surface area contributed by atoms with Crippen LogP contribution >= 0.6 is 24.0 Å². The van der Waals surface area contributed by atoms with Crippen LogP contribution < -0.4 is 20.1 Å². The number of halogens is 1. The molecule has 0 unspecified atom stereocenters. The number of rotatable bonds is 10. The van der Waals surface area contributed by atoms with Gasteiger partial charge in [-0.25, -0.2) is 4.99 Å². The van der Waals surface area contributed by atoms with E-state index >= 15 is 0 Å². The maximum Gasteiger partial charge on any atom is 0.191 e. The summed E-state index contributed by atoms with van der Waals surface area (Å²) in [6, 6.07) is 6.65. The molecule has 0 aliphatic heterocycles. The number of hydrogen-bond donors (Lipinski definition) is 2. The van der Waals surface area contributed by atoms with Gasteiger partial charge < -0.3 is 24.7 Å². The van der Waals surface area contributed by atoms with E-state index in [9.17, 15) is 0 Å². The van der Waals surface area contributed by atoms with E-state index in [0.29, 0.717) is 19.2 Å². The fourth-order valence-corrected chi connectivity index (χ4v) is 3.80. The topological polar surface area (TPSA) is 85.6 Å². The van der Waals surface area contributed by atoms with Crippen LogP contribution in [-0.2, 0) is 20.0 Å². The highest BCUT2D eigenvalue weighted by Crippen LogP contribution is 2.28. The van der Waals surface area contributed by atoms with Crippen LogP contribution in [-0.4, -0.2) is 47.0 Å². The van der Waals surface area contributed by atoms with Crippen molar-refractivity contribution in [2.75, 3.05) is 20.3 Å². The molecule has 8 nitrogen and oxygen atoms in total. The Morgan fingerprint density at radius 1 is 1.22 bits per heavy atom. The highest BCUT2D eigenvalue weighted by molar-refractivity contribution is 14.0. The van der Waals surface area contributed by atoms with Crippen LogP contribution in [0.2, 0.25) is 0 Å². The Hall–Kier alpha value is -2.04. The van der Waals surface area contributed by atoms with E-state index in [1.807, 2.05) is 31.5 Å². The summed E-state index contributed by atoms with van der Waals surface area (Å²) in [4.78, 5) is 4.77. The fraction of sp³-hybridized carbons (Fsp3) is 0.609. The summed E-state index contributed by atoms with van der Waals surface area (Å²) in [5.41, 5.74) is 1.24. The highest BCUT2D eigenvalue weighted by atomic mass is 127. The van der Waals surface area contributed by atoms with Crippen molar-refractivity contribution >= 4 is 29.9 Å². The van der Waals surface area contributed by atoms with Crippen molar-refractivity contribution in [2.45, 2.75) is 65.0 Å². The Labute approximate surface area is 208 Å². The highest BCUT2D eigenvalue weighted by Gasteiger charge is 2.16. The zero-order valence-electron chi connectivity index (χ0n) is 19.7. The Bertz CT molecular complexity index is 864. The molecule has 1 aliphatic carbocycles. The van der Waals surface area contributed by atoms with Crippen molar-refractivity contribution in [3.8, 4) is 11.5 Å². The van der Waals surface area contributed by atoms with Crippen LogP contribution in [0.4, 0.5) is 0 Å². The van der Waals surface area contributed by atoms with E-state index in [0.717, 1.165) is 48.5 Å². The predicted octanol–water partition coefficient (Wildman–Crippen LogP) is 3.76. The molecule has 1 fully saturated rings. The largest absolute Gasteiger partial charge is 0.493 e. The van der Waals surface area contributed by atoms with Crippen molar-refractivity contribution in [2.24, 2.45) is 12.0 Å². The molecule has 1 aromatic carbocycles. The molecule has 1 saturated carbocycles. The first-order valence-electron chi connectivity index (χ1n) is 11.3. The zero-order chi connectivity index (χ0) is 22.1. The third-order valence-electron chi connectivity index (χ3n) is 5.72. The molecule has 1 heterocycles. The van der Waals surface area contributed by atoms with Gasteiger partial charge in [-0.15, -0.1) is 34.2 Å². The standard InChI is InChI=1S/C23H36N6O2.HI/c1-5-31-21-15-18(12-13-20(21)30-4)9-8-14-24-23(26-19-10-6-7-11-19)25-16-22-28-27-17(2)29(22)3;/h12-13,15,19H,5-11,14,16H2,1-4H3,(H2,24,25,26);1H. The minimum atomic E-state index is 0. The Balaban J connectivity index is 0.00000363. The first-order valence-corrected chi connectivity index (χ1v) is 11.3. The van der Waals surface area contributed by atoms with Gasteiger partial charge in [0, 0.05) is 19.6 Å². The van der Waals surface area contributed by atoms with Crippen molar-refractivity contribution in [1.82, 2.24) is 25.4 Å². The van der Waals surface area contributed by atoms with Crippen molar-refractivity contribution in [1.29, 1.82) is 0 Å². The third kappa shape index (κ3) is 7.53. The molecule has 9 heteroatoms. The number of hydrogen-bond acceptors (Lipinski definition) is 5. The maximum absolute atomic E-state index is 5.69. The third-order valence-corrected chi connectivity index (χ3v) is 5.72. The number of aliphatic imine (C=N–C) groups is 1. The minimum Gasteiger partial charge on any atom is -0.493 e. The number of ether oxygens (including phenoxy) is 2. The Morgan fingerprint density at radius 3 is 2.66 bits per heavy atom. The quantitative estimate of drug-likeness (QED) is 0.201. The lowest BCUT2D eigenvalue weighted by atomic mass is 10.1. The summed E-state index contributed by atoms with van der Waals surface area (Å²) in [5.74, 6) is 4.20. The molecule has 32 heavy (non-hydrogen) atoms. The molecule has 0 spiro atoms. The van der Waals surface area contributed by atoms with E-state index in [-0.39, 0.29) is 24.0 Å². The number of methoxy groups -OCH3 is 1. The molecule has 1 aliphatic rings. The number of guanidine groups is 1. The Kier molecular flexibility index (Phi) is 11.1. The van der Waals surface area contributed by atoms with Crippen LogP contribution in [0.3, 0.4) is 0 Å². The summed E-state index contributed by atoms with van der Waals surface area (Å²) < 4.78 is 13.0. The number of aryl methyl sites for hydroxylation is 2. The molecule has 3 rings (SSSR count). The molecule has 0 radical (unpaired) electrons. The van der Waals surface area contributed by atoms with E-state index in [4.69, 9.17) is 14.5 Å². The van der Waals surface area contributed by atoms with Crippen molar-refractivity contribution < 1.29 is 9.47 Å². The number of nitrogens with one attached hydrogen (secondary N) is 2. The maximum atomic E-state index is 5.69. The average Bonchev–Trinajstić information content (AvgIpc) is 3.40. The number of aromatic nitrogens is 3. The van der Waals surface area contributed by atoms with Gasteiger partial charge in [-0.2, -0.15) is 0 Å². The van der Waals surface area contributed by atoms with Gasteiger partial charge >= 0.3 is 0 Å². The fourth-order valence-electron chi connectivity index (χ4n) is 3.80. The van der Waals surface area contributed by atoms with Crippen LogP contribution in [0.25, 0.3) is 0 Å². The smallest absolute Gasteiger partial charge is 0.191 e. The van der Waals surface area contributed by atoms with E-state index in [2.05, 4.69) is 33.0 Å². The minimum absolute atomic E-state index is 0. The second-order valence-corrected chi connectivity index (χ2v) is 7.96. The SMILES string of the molecule is CCOc1cc(CCCNC(=NCc2nnc(C)n2C)NC2CCCC2)ccc1OC.I. The number of benzene rings is 1. The van der Waals surface area contributed by atoms with Gasteiger partial charge in [0.2, 0.25) is 0 Å². The molecule has 2 N–H and O–H groups in total.